The van der Waals surface area contributed by atoms with E-state index in [1.165, 1.54) is 0 Å². The molecule has 1 fully saturated rings. The molecule has 152 valence electrons. The summed E-state index contributed by atoms with van der Waals surface area (Å²) in [4.78, 5) is 40.1. The number of aromatic nitrogens is 1. The molecule has 6 nitrogen and oxygen atoms in total. The van der Waals surface area contributed by atoms with Crippen LogP contribution in [0.2, 0.25) is 0 Å². The number of aryl methyl sites for hydroxylation is 2. The Bertz CT molecular complexity index is 1090. The van der Waals surface area contributed by atoms with Crippen molar-refractivity contribution in [3.05, 3.63) is 77.2 Å². The Morgan fingerprint density at radius 2 is 1.83 bits per heavy atom. The normalized spacial score (nSPS) is 16.0. The van der Waals surface area contributed by atoms with Gasteiger partial charge in [-0.2, -0.15) is 0 Å². The Labute approximate surface area is 178 Å². The number of imide groups is 1. The SMILES string of the molecule is Cc1oc(-c2ccccc2)nc1CCC(=O)c1ccc(CC2SC(=O)NC2=O)cc1. The van der Waals surface area contributed by atoms with Gasteiger partial charge in [0, 0.05) is 24.0 Å². The lowest BCUT2D eigenvalue weighted by Gasteiger charge is -2.06. The van der Waals surface area contributed by atoms with E-state index in [4.69, 9.17) is 4.42 Å². The maximum atomic E-state index is 12.6. The van der Waals surface area contributed by atoms with Crippen LogP contribution in [0.25, 0.3) is 11.5 Å². The van der Waals surface area contributed by atoms with Crippen LogP contribution in [0.4, 0.5) is 4.79 Å². The molecule has 30 heavy (non-hydrogen) atoms. The predicted molar refractivity (Wildman–Crippen MR) is 114 cm³/mol. The van der Waals surface area contributed by atoms with Crippen molar-refractivity contribution in [3.63, 3.8) is 0 Å². The number of hydrogen-bond acceptors (Lipinski definition) is 6. The van der Waals surface area contributed by atoms with E-state index in [2.05, 4.69) is 10.3 Å². The van der Waals surface area contributed by atoms with Crippen LogP contribution in [0.3, 0.4) is 0 Å². The van der Waals surface area contributed by atoms with Crippen LogP contribution < -0.4 is 5.32 Å². The van der Waals surface area contributed by atoms with Crippen molar-refractivity contribution in [1.82, 2.24) is 10.3 Å². The molecule has 1 aliphatic heterocycles. The third-order valence-electron chi connectivity index (χ3n) is 4.97. The summed E-state index contributed by atoms with van der Waals surface area (Å²) in [6.45, 7) is 1.86. The molecule has 1 N–H and O–H groups in total. The summed E-state index contributed by atoms with van der Waals surface area (Å²) >= 11 is 1.00. The molecular formula is C23H20N2O4S. The summed E-state index contributed by atoms with van der Waals surface area (Å²) in [5.74, 6) is 1.04. The summed E-state index contributed by atoms with van der Waals surface area (Å²) in [5, 5.41) is 1.56. The van der Waals surface area contributed by atoms with E-state index < -0.39 is 5.25 Å². The fourth-order valence-corrected chi connectivity index (χ4v) is 4.17. The molecule has 1 unspecified atom stereocenters. The summed E-state index contributed by atoms with van der Waals surface area (Å²) < 4.78 is 5.75. The minimum absolute atomic E-state index is 0.0216. The molecule has 0 saturated carbocycles. The summed E-state index contributed by atoms with van der Waals surface area (Å²) in [6, 6.07) is 16.9. The number of ketones is 1. The quantitative estimate of drug-likeness (QED) is 0.571. The van der Waals surface area contributed by atoms with E-state index in [9.17, 15) is 14.4 Å². The topological polar surface area (TPSA) is 89.3 Å². The van der Waals surface area contributed by atoms with Gasteiger partial charge < -0.3 is 4.42 Å². The number of nitrogens with one attached hydrogen (secondary N) is 1. The highest BCUT2D eigenvalue weighted by atomic mass is 32.2. The Morgan fingerprint density at radius 3 is 2.50 bits per heavy atom. The van der Waals surface area contributed by atoms with E-state index in [-0.39, 0.29) is 16.9 Å². The molecule has 3 aromatic rings. The Balaban J connectivity index is 1.36. The predicted octanol–water partition coefficient (Wildman–Crippen LogP) is 4.36. The van der Waals surface area contributed by atoms with Gasteiger partial charge in [-0.15, -0.1) is 0 Å². The number of amides is 2. The number of carbonyl (C=O) groups is 3. The van der Waals surface area contributed by atoms with Crippen LogP contribution in [0, 0.1) is 6.92 Å². The monoisotopic (exact) mass is 420 g/mol. The number of thioether (sulfide) groups is 1. The number of rotatable bonds is 7. The van der Waals surface area contributed by atoms with Crippen LogP contribution in [-0.2, 0) is 17.6 Å². The van der Waals surface area contributed by atoms with Crippen LogP contribution in [0.5, 0.6) is 0 Å². The first-order valence-corrected chi connectivity index (χ1v) is 10.5. The summed E-state index contributed by atoms with van der Waals surface area (Å²) in [7, 11) is 0. The molecule has 1 saturated heterocycles. The summed E-state index contributed by atoms with van der Waals surface area (Å²) in [5.41, 5.74) is 3.22. The molecule has 2 heterocycles. The van der Waals surface area contributed by atoms with Gasteiger partial charge in [0.05, 0.1) is 10.9 Å². The van der Waals surface area contributed by atoms with Crippen LogP contribution in [0.1, 0.15) is 33.8 Å². The largest absolute Gasteiger partial charge is 0.441 e. The van der Waals surface area contributed by atoms with Gasteiger partial charge in [-0.1, -0.05) is 54.2 Å². The first-order chi connectivity index (χ1) is 14.5. The Hall–Kier alpha value is -3.19. The number of nitrogens with zero attached hydrogens (tertiary/aromatic N) is 1. The molecule has 0 aliphatic carbocycles. The second-order valence-corrected chi connectivity index (χ2v) is 8.27. The number of oxazole rings is 1. The average molecular weight is 420 g/mol. The highest BCUT2D eigenvalue weighted by molar-refractivity contribution is 8.15. The van der Waals surface area contributed by atoms with Gasteiger partial charge in [0.15, 0.2) is 5.78 Å². The van der Waals surface area contributed by atoms with Gasteiger partial charge in [0.25, 0.3) is 5.24 Å². The lowest BCUT2D eigenvalue weighted by Crippen LogP contribution is -2.25. The Morgan fingerprint density at radius 1 is 1.10 bits per heavy atom. The van der Waals surface area contributed by atoms with Crippen molar-refractivity contribution in [3.8, 4) is 11.5 Å². The summed E-state index contributed by atoms with van der Waals surface area (Å²) in [6.07, 6.45) is 1.29. The number of Topliss-reactive ketones (excluding diaryl/α,β-unsaturated/α-hetero) is 1. The number of carbonyl (C=O) groups excluding carboxylic acids is 3. The second-order valence-electron chi connectivity index (χ2n) is 7.10. The number of benzene rings is 2. The van der Waals surface area contributed by atoms with E-state index >= 15 is 0 Å². The molecule has 0 bridgehead atoms. The van der Waals surface area contributed by atoms with Crippen LogP contribution in [-0.4, -0.2) is 27.2 Å². The average Bonchev–Trinajstić information content (AvgIpc) is 3.28. The first kappa shape index (κ1) is 20.1. The fourth-order valence-electron chi connectivity index (χ4n) is 3.31. The molecule has 0 spiro atoms. The van der Waals surface area contributed by atoms with Gasteiger partial charge in [0.2, 0.25) is 11.8 Å². The van der Waals surface area contributed by atoms with Crippen LogP contribution >= 0.6 is 11.8 Å². The van der Waals surface area contributed by atoms with E-state index in [0.29, 0.717) is 30.7 Å². The van der Waals surface area contributed by atoms with Crippen molar-refractivity contribution in [2.45, 2.75) is 31.4 Å². The highest BCUT2D eigenvalue weighted by Gasteiger charge is 2.31. The zero-order valence-electron chi connectivity index (χ0n) is 16.4. The molecule has 0 radical (unpaired) electrons. The molecule has 4 rings (SSSR count). The van der Waals surface area contributed by atoms with Gasteiger partial charge in [-0.25, -0.2) is 4.98 Å². The first-order valence-electron chi connectivity index (χ1n) is 9.65. The minimum Gasteiger partial charge on any atom is -0.441 e. The van der Waals surface area contributed by atoms with Gasteiger partial charge in [0.1, 0.15) is 5.76 Å². The third-order valence-corrected chi connectivity index (χ3v) is 5.95. The lowest BCUT2D eigenvalue weighted by atomic mass is 10.0. The van der Waals surface area contributed by atoms with E-state index in [0.717, 1.165) is 34.3 Å². The Kier molecular flexibility index (Phi) is 5.81. The zero-order valence-corrected chi connectivity index (χ0v) is 17.2. The fraction of sp³-hybridized carbons (Fsp3) is 0.217. The molecule has 7 heteroatoms. The van der Waals surface area contributed by atoms with Gasteiger partial charge in [-0.05, 0) is 31.0 Å². The molecule has 2 aromatic carbocycles. The molecule has 1 aromatic heterocycles. The van der Waals surface area contributed by atoms with Crippen LogP contribution in [0.15, 0.2) is 59.0 Å². The van der Waals surface area contributed by atoms with E-state index in [1.807, 2.05) is 49.4 Å². The van der Waals surface area contributed by atoms with E-state index in [1.54, 1.807) is 12.1 Å². The van der Waals surface area contributed by atoms with Gasteiger partial charge in [-0.3, -0.25) is 19.7 Å². The third kappa shape index (κ3) is 4.52. The highest BCUT2D eigenvalue weighted by Crippen LogP contribution is 2.24. The van der Waals surface area contributed by atoms with Crippen molar-refractivity contribution in [1.29, 1.82) is 0 Å². The second kappa shape index (κ2) is 8.67. The number of hydrogen-bond donors (Lipinski definition) is 1. The van der Waals surface area contributed by atoms with Crippen molar-refractivity contribution < 1.29 is 18.8 Å². The smallest absolute Gasteiger partial charge is 0.286 e. The zero-order chi connectivity index (χ0) is 21.1. The van der Waals surface area contributed by atoms with Crippen molar-refractivity contribution >= 4 is 28.7 Å². The van der Waals surface area contributed by atoms with Gasteiger partial charge >= 0.3 is 0 Å². The molecular weight excluding hydrogens is 400 g/mol. The minimum atomic E-state index is -0.409. The molecule has 2 amide bonds. The van der Waals surface area contributed by atoms with Crippen molar-refractivity contribution in [2.75, 3.05) is 0 Å². The standard InChI is InChI=1S/C23H20N2O4S/c1-14-18(24-22(29-14)17-5-3-2-4-6-17)11-12-19(26)16-9-7-15(8-10-16)13-20-21(27)25-23(28)30-20/h2-10,20H,11-13H2,1H3,(H,25,27,28). The van der Waals surface area contributed by atoms with Crippen molar-refractivity contribution in [2.24, 2.45) is 0 Å². The molecule has 1 aliphatic rings. The lowest BCUT2D eigenvalue weighted by molar-refractivity contribution is -0.118. The molecule has 1 atom stereocenters. The maximum absolute atomic E-state index is 12.6. The maximum Gasteiger partial charge on any atom is 0.286 e.